The Balaban J connectivity index is 2.10. The van der Waals surface area contributed by atoms with Gasteiger partial charge in [0, 0.05) is 6.04 Å². The molecular formula is C14H15NO3S. The number of carbonyl (C=O) groups excluding carboxylic acids is 2. The van der Waals surface area contributed by atoms with Gasteiger partial charge in [-0.2, -0.15) is 0 Å². The van der Waals surface area contributed by atoms with Crippen molar-refractivity contribution >= 4 is 29.0 Å². The molecule has 1 aliphatic rings. The van der Waals surface area contributed by atoms with Crippen molar-refractivity contribution in [3.8, 4) is 0 Å². The van der Waals surface area contributed by atoms with Crippen LogP contribution in [0.1, 0.15) is 26.0 Å². The van der Waals surface area contributed by atoms with E-state index in [4.69, 9.17) is 4.42 Å². The average Bonchev–Trinajstić information content (AvgIpc) is 2.98. The molecule has 0 radical (unpaired) electrons. The van der Waals surface area contributed by atoms with Gasteiger partial charge in [0.2, 0.25) is 0 Å². The standard InChI is InChI=1S/C14H15NO3S/c1-3-10(2)15-13(16)12(19-14(15)17)8-4-6-11-7-5-9-18-11/h4-10H,3H2,1-2H3/b6-4+,12-8+/t10-/m0/s1. The maximum atomic E-state index is 12.1. The quantitative estimate of drug-likeness (QED) is 0.788. The summed E-state index contributed by atoms with van der Waals surface area (Å²) in [5.74, 6) is 0.492. The maximum Gasteiger partial charge on any atom is 0.293 e. The number of rotatable bonds is 4. The molecule has 1 fully saturated rings. The molecular weight excluding hydrogens is 262 g/mol. The van der Waals surface area contributed by atoms with Crippen LogP contribution in [0.4, 0.5) is 4.79 Å². The van der Waals surface area contributed by atoms with E-state index in [9.17, 15) is 9.59 Å². The van der Waals surface area contributed by atoms with E-state index in [0.717, 1.165) is 18.2 Å². The Morgan fingerprint density at radius 3 is 2.89 bits per heavy atom. The highest BCUT2D eigenvalue weighted by Gasteiger charge is 2.37. The van der Waals surface area contributed by atoms with Gasteiger partial charge in [0.25, 0.3) is 11.1 Å². The summed E-state index contributed by atoms with van der Waals surface area (Å²) >= 11 is 0.979. The summed E-state index contributed by atoms with van der Waals surface area (Å²) in [4.78, 5) is 25.6. The van der Waals surface area contributed by atoms with Crippen molar-refractivity contribution in [1.29, 1.82) is 0 Å². The van der Waals surface area contributed by atoms with Crippen molar-refractivity contribution in [2.24, 2.45) is 0 Å². The summed E-state index contributed by atoms with van der Waals surface area (Å²) in [5, 5.41) is -0.197. The molecule has 1 saturated heterocycles. The molecule has 2 rings (SSSR count). The molecule has 1 atom stereocenters. The van der Waals surface area contributed by atoms with Crippen LogP contribution in [-0.2, 0) is 4.79 Å². The van der Waals surface area contributed by atoms with Gasteiger partial charge in [0.15, 0.2) is 0 Å². The largest absolute Gasteiger partial charge is 0.465 e. The number of imide groups is 1. The minimum absolute atomic E-state index is 0.0625. The Hall–Kier alpha value is -1.75. The van der Waals surface area contributed by atoms with Crippen LogP contribution in [0.15, 0.2) is 39.9 Å². The molecule has 1 aromatic rings. The lowest BCUT2D eigenvalue weighted by Crippen LogP contribution is -2.36. The van der Waals surface area contributed by atoms with Crippen LogP contribution >= 0.6 is 11.8 Å². The highest BCUT2D eigenvalue weighted by molar-refractivity contribution is 8.18. The number of thioether (sulfide) groups is 1. The fourth-order valence-corrected chi connectivity index (χ4v) is 2.55. The molecule has 4 nitrogen and oxygen atoms in total. The number of amides is 2. The zero-order valence-electron chi connectivity index (χ0n) is 10.8. The third-order valence-corrected chi connectivity index (χ3v) is 3.81. The summed E-state index contributed by atoms with van der Waals surface area (Å²) < 4.78 is 5.14. The van der Waals surface area contributed by atoms with Crippen molar-refractivity contribution in [2.45, 2.75) is 26.3 Å². The van der Waals surface area contributed by atoms with Crippen molar-refractivity contribution < 1.29 is 14.0 Å². The number of allylic oxidation sites excluding steroid dienone is 2. The van der Waals surface area contributed by atoms with Crippen LogP contribution in [0.5, 0.6) is 0 Å². The van der Waals surface area contributed by atoms with Crippen molar-refractivity contribution in [1.82, 2.24) is 4.90 Å². The van der Waals surface area contributed by atoms with Crippen LogP contribution < -0.4 is 0 Å². The van der Waals surface area contributed by atoms with Gasteiger partial charge in [-0.3, -0.25) is 14.5 Å². The first-order valence-corrected chi connectivity index (χ1v) is 6.92. The summed E-state index contributed by atoms with van der Waals surface area (Å²) in [6, 6.07) is 3.54. The second kappa shape index (κ2) is 5.93. The van der Waals surface area contributed by atoms with Gasteiger partial charge in [0.05, 0.1) is 11.2 Å². The molecule has 100 valence electrons. The number of carbonyl (C=O) groups is 2. The molecule has 0 bridgehead atoms. The Morgan fingerprint density at radius 2 is 2.26 bits per heavy atom. The number of hydrogen-bond donors (Lipinski definition) is 0. The van der Waals surface area contributed by atoms with Crippen molar-refractivity contribution in [2.75, 3.05) is 0 Å². The Labute approximate surface area is 116 Å². The van der Waals surface area contributed by atoms with Crippen molar-refractivity contribution in [3.63, 3.8) is 0 Å². The molecule has 0 spiro atoms. The number of hydrogen-bond acceptors (Lipinski definition) is 4. The second-order valence-corrected chi connectivity index (χ2v) is 5.20. The topological polar surface area (TPSA) is 50.5 Å². The van der Waals surface area contributed by atoms with E-state index in [-0.39, 0.29) is 17.2 Å². The van der Waals surface area contributed by atoms with E-state index in [2.05, 4.69) is 0 Å². The summed E-state index contributed by atoms with van der Waals surface area (Å²) in [6.07, 6.45) is 7.45. The lowest BCUT2D eigenvalue weighted by molar-refractivity contribution is -0.124. The number of nitrogens with zero attached hydrogens (tertiary/aromatic N) is 1. The van der Waals surface area contributed by atoms with E-state index < -0.39 is 0 Å². The van der Waals surface area contributed by atoms with Crippen LogP contribution in [-0.4, -0.2) is 22.1 Å². The lowest BCUT2D eigenvalue weighted by Gasteiger charge is -2.19. The second-order valence-electron chi connectivity index (χ2n) is 4.21. The molecule has 19 heavy (non-hydrogen) atoms. The Kier molecular flexibility index (Phi) is 4.27. The van der Waals surface area contributed by atoms with E-state index in [1.807, 2.05) is 19.9 Å². The smallest absolute Gasteiger partial charge is 0.293 e. The first-order valence-electron chi connectivity index (χ1n) is 6.10. The first kappa shape index (κ1) is 13.7. The molecule has 1 aromatic heterocycles. The number of furan rings is 1. The van der Waals surface area contributed by atoms with Gasteiger partial charge in [-0.15, -0.1) is 0 Å². The predicted octanol–water partition coefficient (Wildman–Crippen LogP) is 3.67. The predicted molar refractivity (Wildman–Crippen MR) is 75.4 cm³/mol. The maximum absolute atomic E-state index is 12.1. The Morgan fingerprint density at radius 1 is 1.47 bits per heavy atom. The third-order valence-electron chi connectivity index (χ3n) is 2.91. The highest BCUT2D eigenvalue weighted by atomic mass is 32.2. The van der Waals surface area contributed by atoms with Crippen molar-refractivity contribution in [3.05, 3.63) is 41.2 Å². The third kappa shape index (κ3) is 2.98. The fourth-order valence-electron chi connectivity index (χ4n) is 1.67. The Bertz CT molecular complexity index is 531. The van der Waals surface area contributed by atoms with Gasteiger partial charge < -0.3 is 4.42 Å². The molecule has 2 heterocycles. The highest BCUT2D eigenvalue weighted by Crippen LogP contribution is 2.32. The monoisotopic (exact) mass is 277 g/mol. The van der Waals surface area contributed by atoms with Gasteiger partial charge in [-0.25, -0.2) is 0 Å². The van der Waals surface area contributed by atoms with Gasteiger partial charge >= 0.3 is 0 Å². The fraction of sp³-hybridized carbons (Fsp3) is 0.286. The molecule has 5 heteroatoms. The van der Waals surface area contributed by atoms with Crippen LogP contribution in [0.3, 0.4) is 0 Å². The first-order chi connectivity index (χ1) is 9.13. The van der Waals surface area contributed by atoms with Gasteiger partial charge in [-0.05, 0) is 49.4 Å². The molecule has 0 aromatic carbocycles. The molecule has 2 amide bonds. The molecule has 0 saturated carbocycles. The summed E-state index contributed by atoms with van der Waals surface area (Å²) in [6.45, 7) is 3.83. The van der Waals surface area contributed by atoms with Crippen LogP contribution in [0, 0.1) is 0 Å². The van der Waals surface area contributed by atoms with E-state index in [1.165, 1.54) is 4.90 Å². The van der Waals surface area contributed by atoms with Gasteiger partial charge in [-0.1, -0.05) is 13.0 Å². The molecule has 0 unspecified atom stereocenters. The minimum atomic E-state index is -0.214. The zero-order chi connectivity index (χ0) is 13.8. The molecule has 1 aliphatic heterocycles. The average molecular weight is 277 g/mol. The van der Waals surface area contributed by atoms with Crippen LogP contribution in [0.2, 0.25) is 0 Å². The summed E-state index contributed by atoms with van der Waals surface area (Å²) in [5.41, 5.74) is 0. The molecule has 0 aliphatic carbocycles. The van der Waals surface area contributed by atoms with E-state index in [0.29, 0.717) is 10.7 Å². The minimum Gasteiger partial charge on any atom is -0.465 e. The van der Waals surface area contributed by atoms with E-state index in [1.54, 1.807) is 30.6 Å². The SMILES string of the molecule is CC[C@H](C)N1C(=O)S/C(=C/C=C/c2ccco2)C1=O. The van der Waals surface area contributed by atoms with E-state index >= 15 is 0 Å². The van der Waals surface area contributed by atoms with Gasteiger partial charge in [0.1, 0.15) is 5.76 Å². The lowest BCUT2D eigenvalue weighted by atomic mass is 10.2. The molecule has 0 N–H and O–H groups in total. The summed E-state index contributed by atoms with van der Waals surface area (Å²) in [7, 11) is 0. The normalized spacial score (nSPS) is 19.9. The van der Waals surface area contributed by atoms with Crippen LogP contribution in [0.25, 0.3) is 6.08 Å². The zero-order valence-corrected chi connectivity index (χ0v) is 11.6.